The Hall–Kier alpha value is -2.20. The van der Waals surface area contributed by atoms with Crippen molar-refractivity contribution >= 4 is 0 Å². The second-order valence-corrected chi connectivity index (χ2v) is 4.72. The van der Waals surface area contributed by atoms with E-state index in [0.717, 1.165) is 16.7 Å². The number of aliphatic hydroxyl groups is 1. The standard InChI is InChI=1S/C16H16O4/c1-10-5-3-4-6-12(10)15(17)11-7-13(18-2)16-14(8-11)19-9-20-16/h3-8,15,17H,9H2,1-2H3. The van der Waals surface area contributed by atoms with Gasteiger partial charge in [-0.05, 0) is 35.7 Å². The van der Waals surface area contributed by atoms with Gasteiger partial charge in [0.05, 0.1) is 7.11 Å². The van der Waals surface area contributed by atoms with Crippen LogP contribution in [0.4, 0.5) is 0 Å². The number of hydrogen-bond acceptors (Lipinski definition) is 4. The molecule has 1 atom stereocenters. The van der Waals surface area contributed by atoms with Gasteiger partial charge in [-0.2, -0.15) is 0 Å². The molecule has 1 unspecified atom stereocenters. The summed E-state index contributed by atoms with van der Waals surface area (Å²) in [4.78, 5) is 0. The van der Waals surface area contributed by atoms with Crippen molar-refractivity contribution in [3.63, 3.8) is 0 Å². The molecule has 1 aliphatic rings. The van der Waals surface area contributed by atoms with E-state index in [1.54, 1.807) is 19.2 Å². The van der Waals surface area contributed by atoms with Crippen LogP contribution in [-0.4, -0.2) is 19.0 Å². The maximum absolute atomic E-state index is 10.6. The summed E-state index contributed by atoms with van der Waals surface area (Å²) in [7, 11) is 1.57. The molecule has 0 saturated heterocycles. The SMILES string of the molecule is COc1cc(C(O)c2ccccc2C)cc2c1OCO2. The molecule has 2 aromatic rings. The van der Waals surface area contributed by atoms with Crippen LogP contribution < -0.4 is 14.2 Å². The fourth-order valence-electron chi connectivity index (χ4n) is 2.38. The lowest BCUT2D eigenvalue weighted by molar-refractivity contribution is 0.171. The lowest BCUT2D eigenvalue weighted by Gasteiger charge is -2.16. The Morgan fingerprint density at radius 3 is 2.75 bits per heavy atom. The number of methoxy groups -OCH3 is 1. The lowest BCUT2D eigenvalue weighted by Crippen LogP contribution is -2.02. The number of ether oxygens (including phenoxy) is 3. The summed E-state index contributed by atoms with van der Waals surface area (Å²) >= 11 is 0. The van der Waals surface area contributed by atoms with Crippen molar-refractivity contribution < 1.29 is 19.3 Å². The van der Waals surface area contributed by atoms with Crippen molar-refractivity contribution in [1.82, 2.24) is 0 Å². The van der Waals surface area contributed by atoms with Gasteiger partial charge >= 0.3 is 0 Å². The van der Waals surface area contributed by atoms with E-state index in [2.05, 4.69) is 0 Å². The topological polar surface area (TPSA) is 47.9 Å². The van der Waals surface area contributed by atoms with Gasteiger partial charge in [-0.15, -0.1) is 0 Å². The molecule has 0 spiro atoms. The van der Waals surface area contributed by atoms with E-state index < -0.39 is 6.10 Å². The summed E-state index contributed by atoms with van der Waals surface area (Å²) in [6.45, 7) is 2.15. The fraction of sp³-hybridized carbons (Fsp3) is 0.250. The summed E-state index contributed by atoms with van der Waals surface area (Å²) in [5, 5.41) is 10.6. The highest BCUT2D eigenvalue weighted by molar-refractivity contribution is 5.56. The first-order valence-corrected chi connectivity index (χ1v) is 6.42. The van der Waals surface area contributed by atoms with Crippen molar-refractivity contribution in [2.24, 2.45) is 0 Å². The van der Waals surface area contributed by atoms with E-state index in [4.69, 9.17) is 14.2 Å². The minimum absolute atomic E-state index is 0.176. The normalized spacial score (nSPS) is 14.2. The van der Waals surface area contributed by atoms with Gasteiger partial charge in [0.25, 0.3) is 0 Å². The van der Waals surface area contributed by atoms with E-state index in [9.17, 15) is 5.11 Å². The highest BCUT2D eigenvalue weighted by Crippen LogP contribution is 2.43. The Bertz CT molecular complexity index is 636. The third kappa shape index (κ3) is 2.08. The monoisotopic (exact) mass is 272 g/mol. The third-order valence-electron chi connectivity index (χ3n) is 3.48. The predicted octanol–water partition coefficient (Wildman–Crippen LogP) is 2.81. The molecule has 0 aromatic heterocycles. The highest BCUT2D eigenvalue weighted by Gasteiger charge is 2.23. The van der Waals surface area contributed by atoms with Gasteiger partial charge in [-0.3, -0.25) is 0 Å². The van der Waals surface area contributed by atoms with E-state index in [1.807, 2.05) is 31.2 Å². The highest BCUT2D eigenvalue weighted by atomic mass is 16.7. The molecule has 0 bridgehead atoms. The van der Waals surface area contributed by atoms with Crippen molar-refractivity contribution in [3.8, 4) is 17.2 Å². The second kappa shape index (κ2) is 5.06. The molecule has 2 aromatic carbocycles. The van der Waals surface area contributed by atoms with Crippen LogP contribution in [-0.2, 0) is 0 Å². The van der Waals surface area contributed by atoms with E-state index in [1.165, 1.54) is 0 Å². The van der Waals surface area contributed by atoms with Gasteiger partial charge in [-0.1, -0.05) is 24.3 Å². The zero-order valence-corrected chi connectivity index (χ0v) is 11.4. The first kappa shape index (κ1) is 12.8. The molecule has 0 fully saturated rings. The van der Waals surface area contributed by atoms with Crippen LogP contribution in [0.25, 0.3) is 0 Å². The number of aliphatic hydroxyl groups excluding tert-OH is 1. The minimum atomic E-state index is -0.723. The zero-order valence-electron chi connectivity index (χ0n) is 11.4. The lowest BCUT2D eigenvalue weighted by atomic mass is 9.97. The molecule has 20 heavy (non-hydrogen) atoms. The van der Waals surface area contributed by atoms with Crippen LogP contribution in [0.2, 0.25) is 0 Å². The number of benzene rings is 2. The predicted molar refractivity (Wildman–Crippen MR) is 74.4 cm³/mol. The van der Waals surface area contributed by atoms with Crippen molar-refractivity contribution in [2.75, 3.05) is 13.9 Å². The number of hydrogen-bond donors (Lipinski definition) is 1. The number of aryl methyl sites for hydroxylation is 1. The molecule has 0 amide bonds. The van der Waals surface area contributed by atoms with Crippen LogP contribution in [0.1, 0.15) is 22.8 Å². The zero-order chi connectivity index (χ0) is 14.1. The van der Waals surface area contributed by atoms with E-state index in [-0.39, 0.29) is 6.79 Å². The largest absolute Gasteiger partial charge is 0.493 e. The molecule has 3 rings (SSSR count). The number of fused-ring (bicyclic) bond motifs is 1. The van der Waals surface area contributed by atoms with E-state index >= 15 is 0 Å². The summed E-state index contributed by atoms with van der Waals surface area (Å²) in [5.74, 6) is 1.77. The number of rotatable bonds is 3. The van der Waals surface area contributed by atoms with Crippen LogP contribution in [0.15, 0.2) is 36.4 Å². The van der Waals surface area contributed by atoms with Crippen LogP contribution in [0.5, 0.6) is 17.2 Å². The molecule has 1 aliphatic heterocycles. The Morgan fingerprint density at radius 2 is 2.00 bits per heavy atom. The second-order valence-electron chi connectivity index (χ2n) is 4.72. The third-order valence-corrected chi connectivity index (χ3v) is 3.48. The average Bonchev–Trinajstić information content (AvgIpc) is 2.94. The van der Waals surface area contributed by atoms with Crippen molar-refractivity contribution in [3.05, 3.63) is 53.1 Å². The molecular formula is C16H16O4. The first-order valence-electron chi connectivity index (χ1n) is 6.42. The van der Waals surface area contributed by atoms with E-state index in [0.29, 0.717) is 17.2 Å². The minimum Gasteiger partial charge on any atom is -0.493 e. The van der Waals surface area contributed by atoms with Crippen LogP contribution >= 0.6 is 0 Å². The van der Waals surface area contributed by atoms with Gasteiger partial charge in [0.15, 0.2) is 11.5 Å². The summed E-state index contributed by atoms with van der Waals surface area (Å²) in [6, 6.07) is 11.3. The molecule has 0 radical (unpaired) electrons. The maximum Gasteiger partial charge on any atom is 0.231 e. The Balaban J connectivity index is 2.04. The van der Waals surface area contributed by atoms with Gasteiger partial charge in [0, 0.05) is 0 Å². The molecule has 1 N–H and O–H groups in total. The van der Waals surface area contributed by atoms with Gasteiger partial charge < -0.3 is 19.3 Å². The molecule has 1 heterocycles. The summed E-state index contributed by atoms with van der Waals surface area (Å²) in [6.07, 6.45) is -0.723. The fourth-order valence-corrected chi connectivity index (χ4v) is 2.38. The van der Waals surface area contributed by atoms with Crippen molar-refractivity contribution in [2.45, 2.75) is 13.0 Å². The van der Waals surface area contributed by atoms with Gasteiger partial charge in [0.2, 0.25) is 12.5 Å². The van der Waals surface area contributed by atoms with Gasteiger partial charge in [0.1, 0.15) is 6.10 Å². The molecular weight excluding hydrogens is 256 g/mol. The Kier molecular flexibility index (Phi) is 3.24. The van der Waals surface area contributed by atoms with Crippen LogP contribution in [0.3, 0.4) is 0 Å². The van der Waals surface area contributed by atoms with Crippen LogP contribution in [0, 0.1) is 6.92 Å². The molecule has 104 valence electrons. The smallest absolute Gasteiger partial charge is 0.231 e. The quantitative estimate of drug-likeness (QED) is 0.933. The Morgan fingerprint density at radius 1 is 1.20 bits per heavy atom. The molecule has 0 aliphatic carbocycles. The summed E-state index contributed by atoms with van der Waals surface area (Å²) < 4.78 is 16.0. The maximum atomic E-state index is 10.6. The van der Waals surface area contributed by atoms with Gasteiger partial charge in [-0.25, -0.2) is 0 Å². The first-order chi connectivity index (χ1) is 9.70. The Labute approximate surface area is 117 Å². The summed E-state index contributed by atoms with van der Waals surface area (Å²) in [5.41, 5.74) is 2.63. The van der Waals surface area contributed by atoms with Crippen molar-refractivity contribution in [1.29, 1.82) is 0 Å². The molecule has 4 heteroatoms. The average molecular weight is 272 g/mol. The molecule has 0 saturated carbocycles. The molecule has 4 nitrogen and oxygen atoms in total.